The van der Waals surface area contributed by atoms with Crippen LogP contribution in [0, 0.1) is 6.92 Å². The van der Waals surface area contributed by atoms with Crippen LogP contribution in [0.5, 0.6) is 5.75 Å². The number of nitrogens with zero attached hydrogens (tertiary/aromatic N) is 1. The first kappa shape index (κ1) is 13.4. The van der Waals surface area contributed by atoms with Crippen LogP contribution < -0.4 is 15.4 Å². The zero-order valence-electron chi connectivity index (χ0n) is 11.0. The van der Waals surface area contributed by atoms with E-state index in [1.807, 2.05) is 0 Å². The molecule has 0 unspecified atom stereocenters. The van der Waals surface area contributed by atoms with Crippen LogP contribution in [-0.2, 0) is 4.79 Å². The predicted octanol–water partition coefficient (Wildman–Crippen LogP) is 1.95. The molecule has 7 nitrogen and oxygen atoms in total. The second-order valence-corrected chi connectivity index (χ2v) is 4.94. The summed E-state index contributed by atoms with van der Waals surface area (Å²) in [4.78, 5) is 23.4. The van der Waals surface area contributed by atoms with E-state index in [-0.39, 0.29) is 18.4 Å². The first-order valence-corrected chi connectivity index (χ1v) is 6.50. The van der Waals surface area contributed by atoms with Gasteiger partial charge in [0.25, 0.3) is 11.8 Å². The molecular formula is C13H11ClN4O3. The second kappa shape index (κ2) is 5.10. The fraction of sp³-hybridized carbons (Fsp3) is 0.154. The van der Waals surface area contributed by atoms with E-state index in [1.165, 1.54) is 12.3 Å². The van der Waals surface area contributed by atoms with Gasteiger partial charge in [-0.3, -0.25) is 14.7 Å². The number of aromatic nitrogens is 2. The largest absolute Gasteiger partial charge is 0.482 e. The minimum Gasteiger partial charge on any atom is -0.482 e. The molecule has 0 fully saturated rings. The van der Waals surface area contributed by atoms with Crippen LogP contribution in [0.4, 0.5) is 11.4 Å². The first-order valence-electron chi connectivity index (χ1n) is 6.12. The lowest BCUT2D eigenvalue weighted by Gasteiger charge is -2.19. The third-order valence-electron chi connectivity index (χ3n) is 3.02. The van der Waals surface area contributed by atoms with E-state index in [0.29, 0.717) is 33.4 Å². The third kappa shape index (κ3) is 2.55. The molecule has 0 atom stereocenters. The molecule has 108 valence electrons. The predicted molar refractivity (Wildman–Crippen MR) is 76.9 cm³/mol. The number of fused-ring (bicyclic) bond motifs is 1. The maximum absolute atomic E-state index is 12.1. The number of amides is 2. The van der Waals surface area contributed by atoms with Crippen LogP contribution in [0.25, 0.3) is 0 Å². The number of nitrogens with one attached hydrogen (secondary N) is 3. The van der Waals surface area contributed by atoms with Gasteiger partial charge in [-0.25, -0.2) is 0 Å². The maximum Gasteiger partial charge on any atom is 0.262 e. The lowest BCUT2D eigenvalue weighted by Crippen LogP contribution is -2.25. The number of ether oxygens (including phenoxy) is 1. The number of benzene rings is 1. The molecule has 0 radical (unpaired) electrons. The van der Waals surface area contributed by atoms with Crippen molar-refractivity contribution in [1.29, 1.82) is 0 Å². The highest BCUT2D eigenvalue weighted by atomic mass is 35.5. The highest BCUT2D eigenvalue weighted by Crippen LogP contribution is 2.36. The highest BCUT2D eigenvalue weighted by Gasteiger charge is 2.20. The maximum atomic E-state index is 12.1. The number of hydrogen-bond acceptors (Lipinski definition) is 4. The molecule has 1 aliphatic heterocycles. The summed E-state index contributed by atoms with van der Waals surface area (Å²) in [6.45, 7) is 1.68. The minimum atomic E-state index is -0.331. The van der Waals surface area contributed by atoms with Crippen LogP contribution in [0.15, 0.2) is 18.3 Å². The van der Waals surface area contributed by atoms with Gasteiger partial charge in [0.15, 0.2) is 6.61 Å². The lowest BCUT2D eigenvalue weighted by molar-refractivity contribution is -0.118. The molecule has 2 amide bonds. The Morgan fingerprint density at radius 3 is 3.00 bits per heavy atom. The molecule has 21 heavy (non-hydrogen) atoms. The van der Waals surface area contributed by atoms with Crippen LogP contribution >= 0.6 is 11.6 Å². The van der Waals surface area contributed by atoms with Crippen molar-refractivity contribution >= 4 is 34.8 Å². The van der Waals surface area contributed by atoms with Crippen LogP contribution in [0.1, 0.15) is 16.1 Å². The Morgan fingerprint density at radius 1 is 1.48 bits per heavy atom. The normalized spacial score (nSPS) is 13.1. The van der Waals surface area contributed by atoms with E-state index in [4.69, 9.17) is 16.3 Å². The molecule has 2 heterocycles. The minimum absolute atomic E-state index is 0.0666. The Balaban J connectivity index is 1.88. The molecule has 1 aromatic heterocycles. The summed E-state index contributed by atoms with van der Waals surface area (Å²) >= 11 is 6.11. The van der Waals surface area contributed by atoms with Gasteiger partial charge in [-0.2, -0.15) is 5.10 Å². The Labute approximate surface area is 124 Å². The third-order valence-corrected chi connectivity index (χ3v) is 3.34. The molecule has 8 heteroatoms. The Morgan fingerprint density at radius 2 is 2.29 bits per heavy atom. The molecule has 2 aromatic rings. The Kier molecular flexibility index (Phi) is 3.26. The second-order valence-electron chi connectivity index (χ2n) is 4.53. The summed E-state index contributed by atoms with van der Waals surface area (Å²) in [6, 6.07) is 3.11. The van der Waals surface area contributed by atoms with Crippen LogP contribution in [-0.4, -0.2) is 28.6 Å². The Hall–Kier alpha value is -2.54. The van der Waals surface area contributed by atoms with Gasteiger partial charge in [-0.05, 0) is 13.0 Å². The number of aryl methyl sites for hydroxylation is 1. The quantitative estimate of drug-likeness (QED) is 0.790. The zero-order valence-corrected chi connectivity index (χ0v) is 11.7. The molecule has 1 aromatic carbocycles. The number of halogens is 1. The van der Waals surface area contributed by atoms with Crippen molar-refractivity contribution in [2.24, 2.45) is 0 Å². The molecule has 0 saturated heterocycles. The van der Waals surface area contributed by atoms with E-state index in [9.17, 15) is 9.59 Å². The number of carbonyl (C=O) groups excluding carboxylic acids is 2. The number of H-pyrrole nitrogens is 1. The summed E-state index contributed by atoms with van der Waals surface area (Å²) in [5.74, 6) is -0.120. The Bertz CT molecular complexity index is 741. The van der Waals surface area contributed by atoms with Gasteiger partial charge in [-0.15, -0.1) is 0 Å². The van der Waals surface area contributed by atoms with Crippen molar-refractivity contribution in [3.63, 3.8) is 0 Å². The lowest BCUT2D eigenvalue weighted by atomic mass is 10.2. The van der Waals surface area contributed by atoms with E-state index < -0.39 is 0 Å². The molecule has 1 aliphatic rings. The standard InChI is InChI=1S/C13H11ClN4O3/c1-6-7(4-15-18-6)13(20)17-9-3-11-10(2-8(9)14)16-12(19)5-21-11/h2-4H,5H2,1H3,(H,15,18)(H,16,19)(H,17,20). The summed E-state index contributed by atoms with van der Waals surface area (Å²) in [5.41, 5.74) is 1.97. The first-order chi connectivity index (χ1) is 10.0. The number of carbonyl (C=O) groups is 2. The van der Waals surface area contributed by atoms with Crippen molar-refractivity contribution in [2.45, 2.75) is 6.92 Å². The number of aromatic amines is 1. The molecule has 3 rings (SSSR count). The highest BCUT2D eigenvalue weighted by molar-refractivity contribution is 6.34. The van der Waals surface area contributed by atoms with Gasteiger partial charge in [-0.1, -0.05) is 11.6 Å². The fourth-order valence-corrected chi connectivity index (χ4v) is 2.18. The van der Waals surface area contributed by atoms with E-state index >= 15 is 0 Å². The van der Waals surface area contributed by atoms with E-state index in [1.54, 1.807) is 13.0 Å². The summed E-state index contributed by atoms with van der Waals surface area (Å²) < 4.78 is 5.29. The molecule has 0 saturated carbocycles. The van der Waals surface area contributed by atoms with E-state index in [0.717, 1.165) is 0 Å². The van der Waals surface area contributed by atoms with Gasteiger partial charge in [0.1, 0.15) is 5.75 Å². The van der Waals surface area contributed by atoms with Gasteiger partial charge in [0.05, 0.1) is 28.2 Å². The average molecular weight is 307 g/mol. The van der Waals surface area contributed by atoms with Crippen molar-refractivity contribution in [1.82, 2.24) is 10.2 Å². The van der Waals surface area contributed by atoms with Gasteiger partial charge >= 0.3 is 0 Å². The molecule has 0 bridgehead atoms. The summed E-state index contributed by atoms with van der Waals surface area (Å²) in [7, 11) is 0. The number of rotatable bonds is 2. The van der Waals surface area contributed by atoms with E-state index in [2.05, 4.69) is 20.8 Å². The van der Waals surface area contributed by atoms with Gasteiger partial charge in [0, 0.05) is 11.8 Å². The molecule has 0 spiro atoms. The average Bonchev–Trinajstić information content (AvgIpc) is 2.86. The number of hydrogen-bond donors (Lipinski definition) is 3. The summed E-state index contributed by atoms with van der Waals surface area (Å²) in [5, 5.41) is 12.1. The SMILES string of the molecule is Cc1[nH]ncc1C(=O)Nc1cc2c(cc1Cl)NC(=O)CO2. The van der Waals surface area contributed by atoms with Gasteiger partial charge in [0.2, 0.25) is 0 Å². The smallest absolute Gasteiger partial charge is 0.262 e. The molecule has 3 N–H and O–H groups in total. The number of anilines is 2. The van der Waals surface area contributed by atoms with Crippen LogP contribution in [0.2, 0.25) is 5.02 Å². The molecule has 0 aliphatic carbocycles. The molecular weight excluding hydrogens is 296 g/mol. The van der Waals surface area contributed by atoms with Crippen molar-refractivity contribution in [3.8, 4) is 5.75 Å². The van der Waals surface area contributed by atoms with Crippen LogP contribution in [0.3, 0.4) is 0 Å². The van der Waals surface area contributed by atoms with Crippen molar-refractivity contribution < 1.29 is 14.3 Å². The summed E-state index contributed by atoms with van der Waals surface area (Å²) in [6.07, 6.45) is 1.44. The topological polar surface area (TPSA) is 96.1 Å². The van der Waals surface area contributed by atoms with Crippen molar-refractivity contribution in [3.05, 3.63) is 34.6 Å². The monoisotopic (exact) mass is 306 g/mol. The zero-order chi connectivity index (χ0) is 15.0. The fourth-order valence-electron chi connectivity index (χ4n) is 1.97. The van der Waals surface area contributed by atoms with Gasteiger partial charge < -0.3 is 15.4 Å². The van der Waals surface area contributed by atoms with Crippen molar-refractivity contribution in [2.75, 3.05) is 17.2 Å².